The Kier molecular flexibility index (Phi) is 3.04. The molecule has 4 heteroatoms. The van der Waals surface area contributed by atoms with Crippen LogP contribution in [0.25, 0.3) is 10.9 Å². The summed E-state index contributed by atoms with van der Waals surface area (Å²) in [5.41, 5.74) is 1.00. The van der Waals surface area contributed by atoms with Crippen LogP contribution in [0.5, 0.6) is 0 Å². The van der Waals surface area contributed by atoms with Crippen LogP contribution in [0.2, 0.25) is 10.0 Å². The highest BCUT2D eigenvalue weighted by Crippen LogP contribution is 2.30. The van der Waals surface area contributed by atoms with Crippen molar-refractivity contribution >= 4 is 34.1 Å². The van der Waals surface area contributed by atoms with Gasteiger partial charge in [-0.25, -0.2) is 9.37 Å². The van der Waals surface area contributed by atoms with Crippen LogP contribution in [0.4, 0.5) is 4.39 Å². The molecule has 0 unspecified atom stereocenters. The summed E-state index contributed by atoms with van der Waals surface area (Å²) in [6, 6.07) is 4.93. The summed E-state index contributed by atoms with van der Waals surface area (Å²) in [7, 11) is 0. The molecule has 0 N–H and O–H groups in total. The van der Waals surface area contributed by atoms with Gasteiger partial charge in [0.2, 0.25) is 0 Å². The number of pyridine rings is 1. The molecule has 0 spiro atoms. The van der Waals surface area contributed by atoms with Gasteiger partial charge in [-0.2, -0.15) is 0 Å². The monoisotopic (exact) mass is 257 g/mol. The Morgan fingerprint density at radius 1 is 1.19 bits per heavy atom. The molecule has 0 saturated carbocycles. The summed E-state index contributed by atoms with van der Waals surface area (Å²) in [6.07, 6.45) is 0. The summed E-state index contributed by atoms with van der Waals surface area (Å²) in [4.78, 5) is 4.25. The van der Waals surface area contributed by atoms with Gasteiger partial charge >= 0.3 is 0 Å². The minimum Gasteiger partial charge on any atom is -0.249 e. The molecule has 16 heavy (non-hydrogen) atoms. The molecular formula is C12H10Cl2FN. The van der Waals surface area contributed by atoms with Gasteiger partial charge in [-0.3, -0.25) is 0 Å². The van der Waals surface area contributed by atoms with Crippen molar-refractivity contribution in [3.05, 3.63) is 39.8 Å². The summed E-state index contributed by atoms with van der Waals surface area (Å²) in [5, 5.41) is 1.16. The van der Waals surface area contributed by atoms with Gasteiger partial charge in [-0.1, -0.05) is 37.0 Å². The van der Waals surface area contributed by atoms with Crippen molar-refractivity contribution in [3.8, 4) is 0 Å². The highest BCUT2D eigenvalue weighted by molar-refractivity contribution is 6.36. The first-order chi connectivity index (χ1) is 7.50. The maximum Gasteiger partial charge on any atom is 0.168 e. The van der Waals surface area contributed by atoms with Crippen molar-refractivity contribution in [1.82, 2.24) is 4.98 Å². The molecule has 0 fully saturated rings. The molecule has 0 aliphatic rings. The van der Waals surface area contributed by atoms with Crippen LogP contribution in [0.3, 0.4) is 0 Å². The van der Waals surface area contributed by atoms with Crippen LogP contribution in [0.15, 0.2) is 18.2 Å². The van der Waals surface area contributed by atoms with Crippen LogP contribution in [-0.2, 0) is 0 Å². The van der Waals surface area contributed by atoms with E-state index in [2.05, 4.69) is 4.98 Å². The molecular weight excluding hydrogens is 248 g/mol. The van der Waals surface area contributed by atoms with Crippen molar-refractivity contribution in [1.29, 1.82) is 0 Å². The summed E-state index contributed by atoms with van der Waals surface area (Å²) in [5.74, 6) is -0.316. The van der Waals surface area contributed by atoms with Gasteiger partial charge in [0, 0.05) is 11.1 Å². The molecule has 2 aromatic rings. The van der Waals surface area contributed by atoms with Crippen molar-refractivity contribution < 1.29 is 4.39 Å². The first kappa shape index (κ1) is 11.6. The van der Waals surface area contributed by atoms with E-state index in [9.17, 15) is 4.39 Å². The van der Waals surface area contributed by atoms with Gasteiger partial charge in [0.25, 0.3) is 0 Å². The maximum absolute atomic E-state index is 13.8. The van der Waals surface area contributed by atoms with Crippen LogP contribution in [0.1, 0.15) is 25.5 Å². The normalized spacial score (nSPS) is 11.4. The number of fused-ring (bicyclic) bond motifs is 1. The summed E-state index contributed by atoms with van der Waals surface area (Å²) >= 11 is 11.8. The van der Waals surface area contributed by atoms with Crippen molar-refractivity contribution in [2.45, 2.75) is 19.8 Å². The van der Waals surface area contributed by atoms with E-state index in [4.69, 9.17) is 23.2 Å². The number of benzene rings is 1. The van der Waals surface area contributed by atoms with E-state index in [1.807, 2.05) is 13.8 Å². The molecule has 1 aromatic carbocycles. The lowest BCUT2D eigenvalue weighted by atomic mass is 10.1. The van der Waals surface area contributed by atoms with E-state index >= 15 is 0 Å². The standard InChI is InChI=1S/C12H10Cl2FN/c1-6(2)10-5-9(14)7-3-4-8(13)11(15)12(7)16-10/h3-6H,1-2H3. The van der Waals surface area contributed by atoms with E-state index in [0.29, 0.717) is 10.4 Å². The van der Waals surface area contributed by atoms with Gasteiger partial charge < -0.3 is 0 Å². The summed E-state index contributed by atoms with van der Waals surface area (Å²) < 4.78 is 13.8. The minimum atomic E-state index is -0.511. The zero-order chi connectivity index (χ0) is 11.9. The number of hydrogen-bond acceptors (Lipinski definition) is 1. The quantitative estimate of drug-likeness (QED) is 0.715. The van der Waals surface area contributed by atoms with E-state index in [0.717, 1.165) is 5.69 Å². The Labute approximate surface area is 103 Å². The smallest absolute Gasteiger partial charge is 0.168 e. The molecule has 1 heterocycles. The topological polar surface area (TPSA) is 12.9 Å². The second kappa shape index (κ2) is 4.19. The molecule has 1 nitrogen and oxygen atoms in total. The third-order valence-electron chi connectivity index (χ3n) is 2.43. The van der Waals surface area contributed by atoms with Gasteiger partial charge in [-0.15, -0.1) is 0 Å². The molecule has 0 bridgehead atoms. The fraction of sp³-hybridized carbons (Fsp3) is 0.250. The molecule has 0 radical (unpaired) electrons. The lowest BCUT2D eigenvalue weighted by Crippen LogP contribution is -1.95. The Bertz CT molecular complexity index is 552. The molecule has 0 aliphatic carbocycles. The van der Waals surface area contributed by atoms with Crippen LogP contribution >= 0.6 is 23.2 Å². The Morgan fingerprint density at radius 3 is 2.50 bits per heavy atom. The highest BCUT2D eigenvalue weighted by atomic mass is 35.5. The average Bonchev–Trinajstić information content (AvgIpc) is 2.23. The minimum absolute atomic E-state index is 0.0666. The third-order valence-corrected chi connectivity index (χ3v) is 3.04. The molecule has 1 aromatic heterocycles. The SMILES string of the molecule is CC(C)c1cc(Cl)c2ccc(Cl)c(F)c2n1. The van der Waals surface area contributed by atoms with Gasteiger partial charge in [0.1, 0.15) is 5.52 Å². The Balaban J connectivity index is 2.83. The molecule has 0 atom stereocenters. The van der Waals surface area contributed by atoms with Crippen LogP contribution in [0, 0.1) is 5.82 Å². The van der Waals surface area contributed by atoms with E-state index in [1.54, 1.807) is 12.1 Å². The largest absolute Gasteiger partial charge is 0.249 e. The Hall–Kier alpha value is -0.860. The molecule has 2 rings (SSSR count). The fourth-order valence-corrected chi connectivity index (χ4v) is 1.92. The van der Waals surface area contributed by atoms with Gasteiger partial charge in [0.05, 0.1) is 10.0 Å². The molecule has 0 aliphatic heterocycles. The van der Waals surface area contributed by atoms with Crippen molar-refractivity contribution in [3.63, 3.8) is 0 Å². The fourth-order valence-electron chi connectivity index (χ4n) is 1.51. The average molecular weight is 258 g/mol. The number of rotatable bonds is 1. The predicted octanol–water partition coefficient (Wildman–Crippen LogP) is 4.80. The molecule has 0 saturated heterocycles. The summed E-state index contributed by atoms with van der Waals surface area (Å²) in [6.45, 7) is 3.96. The number of nitrogens with zero attached hydrogens (tertiary/aromatic N) is 1. The van der Waals surface area contributed by atoms with E-state index in [1.165, 1.54) is 6.07 Å². The highest BCUT2D eigenvalue weighted by Gasteiger charge is 2.12. The van der Waals surface area contributed by atoms with Gasteiger partial charge in [0.15, 0.2) is 5.82 Å². The number of aromatic nitrogens is 1. The zero-order valence-electron chi connectivity index (χ0n) is 8.89. The van der Waals surface area contributed by atoms with Gasteiger partial charge in [-0.05, 0) is 24.1 Å². The number of hydrogen-bond donors (Lipinski definition) is 0. The van der Waals surface area contributed by atoms with Crippen LogP contribution in [-0.4, -0.2) is 4.98 Å². The second-order valence-corrected chi connectivity index (χ2v) is 4.76. The molecule has 0 amide bonds. The predicted molar refractivity (Wildman–Crippen MR) is 65.8 cm³/mol. The zero-order valence-corrected chi connectivity index (χ0v) is 10.4. The molecule has 84 valence electrons. The van der Waals surface area contributed by atoms with Crippen molar-refractivity contribution in [2.24, 2.45) is 0 Å². The third kappa shape index (κ3) is 1.87. The maximum atomic E-state index is 13.8. The van der Waals surface area contributed by atoms with E-state index < -0.39 is 5.82 Å². The second-order valence-electron chi connectivity index (χ2n) is 3.94. The first-order valence-corrected chi connectivity index (χ1v) is 5.70. The Morgan fingerprint density at radius 2 is 1.88 bits per heavy atom. The lowest BCUT2D eigenvalue weighted by molar-refractivity contribution is 0.636. The van der Waals surface area contributed by atoms with E-state index in [-0.39, 0.29) is 16.5 Å². The van der Waals surface area contributed by atoms with Crippen LogP contribution < -0.4 is 0 Å². The number of halogens is 3. The lowest BCUT2D eigenvalue weighted by Gasteiger charge is -2.09. The van der Waals surface area contributed by atoms with Crippen molar-refractivity contribution in [2.75, 3.05) is 0 Å². The first-order valence-electron chi connectivity index (χ1n) is 4.95.